The highest BCUT2D eigenvalue weighted by atomic mass is 32.1. The molecule has 0 atom stereocenters. The van der Waals surface area contributed by atoms with E-state index in [1.165, 1.54) is 7.11 Å². The van der Waals surface area contributed by atoms with Crippen LogP contribution in [-0.4, -0.2) is 42.0 Å². The third kappa shape index (κ3) is 5.32. The van der Waals surface area contributed by atoms with Gasteiger partial charge in [-0.2, -0.15) is 0 Å². The van der Waals surface area contributed by atoms with Crippen molar-refractivity contribution in [3.05, 3.63) is 59.7 Å². The van der Waals surface area contributed by atoms with Crippen molar-refractivity contribution in [1.82, 2.24) is 10.2 Å². The lowest BCUT2D eigenvalue weighted by Gasteiger charge is -2.22. The minimum absolute atomic E-state index is 0.0196. The van der Waals surface area contributed by atoms with E-state index in [2.05, 4.69) is 10.6 Å². The second kappa shape index (κ2) is 10.0. The largest absolute Gasteiger partial charge is 0.496 e. The first-order valence-electron chi connectivity index (χ1n) is 9.74. The van der Waals surface area contributed by atoms with Gasteiger partial charge in [-0.25, -0.2) is 0 Å². The van der Waals surface area contributed by atoms with E-state index in [0.29, 0.717) is 22.6 Å². The molecule has 0 unspecified atom stereocenters. The lowest BCUT2D eigenvalue weighted by molar-refractivity contribution is 0.0762. The zero-order valence-corrected chi connectivity index (χ0v) is 17.3. The van der Waals surface area contributed by atoms with Gasteiger partial charge in [0.2, 0.25) is 0 Å². The topological polar surface area (TPSA) is 70.7 Å². The molecule has 1 aliphatic heterocycles. The van der Waals surface area contributed by atoms with E-state index in [-0.39, 0.29) is 16.9 Å². The number of anilines is 1. The maximum Gasteiger partial charge on any atom is 0.261 e. The number of ether oxygens (including phenoxy) is 1. The van der Waals surface area contributed by atoms with Crippen molar-refractivity contribution in [2.75, 3.05) is 25.5 Å². The molecule has 29 heavy (non-hydrogen) atoms. The smallest absolute Gasteiger partial charge is 0.261 e. The Balaban J connectivity index is 1.71. The molecule has 0 spiro atoms. The van der Waals surface area contributed by atoms with Crippen LogP contribution in [0.1, 0.15) is 46.4 Å². The number of amides is 2. The normalized spacial score (nSPS) is 13.9. The predicted molar refractivity (Wildman–Crippen MR) is 117 cm³/mol. The minimum Gasteiger partial charge on any atom is -0.496 e. The molecule has 2 aromatic rings. The zero-order chi connectivity index (χ0) is 20.6. The summed E-state index contributed by atoms with van der Waals surface area (Å²) in [6, 6.07) is 14.1. The number of carbonyl (C=O) groups is 2. The van der Waals surface area contributed by atoms with E-state index in [4.69, 9.17) is 17.0 Å². The van der Waals surface area contributed by atoms with E-state index in [1.807, 2.05) is 17.0 Å². The average molecular weight is 412 g/mol. The Kier molecular flexibility index (Phi) is 7.19. The summed E-state index contributed by atoms with van der Waals surface area (Å²) in [4.78, 5) is 27.4. The van der Waals surface area contributed by atoms with Crippen LogP contribution < -0.4 is 15.4 Å². The Labute approximate surface area is 176 Å². The number of hydrogen-bond donors (Lipinski definition) is 2. The van der Waals surface area contributed by atoms with E-state index >= 15 is 0 Å². The minimum atomic E-state index is -0.378. The number of likely N-dealkylation sites (tertiary alicyclic amines) is 1. The highest BCUT2D eigenvalue weighted by Crippen LogP contribution is 2.20. The lowest BCUT2D eigenvalue weighted by Crippen LogP contribution is -2.36. The number of nitrogens with one attached hydrogen (secondary N) is 2. The van der Waals surface area contributed by atoms with Gasteiger partial charge < -0.3 is 15.0 Å². The van der Waals surface area contributed by atoms with Crippen LogP contribution in [0.15, 0.2) is 48.5 Å². The van der Waals surface area contributed by atoms with Crippen LogP contribution in [0, 0.1) is 0 Å². The molecule has 7 heteroatoms. The lowest BCUT2D eigenvalue weighted by atomic mass is 10.1. The molecular formula is C22H25N3O3S. The first-order valence-corrected chi connectivity index (χ1v) is 10.1. The van der Waals surface area contributed by atoms with Crippen LogP contribution in [0.5, 0.6) is 5.75 Å². The molecule has 2 aromatic carbocycles. The Morgan fingerprint density at radius 1 is 0.931 bits per heavy atom. The zero-order valence-electron chi connectivity index (χ0n) is 16.4. The predicted octanol–water partition coefficient (Wildman–Crippen LogP) is 3.84. The van der Waals surface area contributed by atoms with E-state index in [9.17, 15) is 9.59 Å². The summed E-state index contributed by atoms with van der Waals surface area (Å²) in [5.74, 6) is 0.0645. The summed E-state index contributed by atoms with van der Waals surface area (Å²) in [7, 11) is 1.51. The van der Waals surface area contributed by atoms with Gasteiger partial charge in [0.15, 0.2) is 5.11 Å². The van der Waals surface area contributed by atoms with Crippen LogP contribution in [0.25, 0.3) is 0 Å². The Morgan fingerprint density at radius 2 is 1.55 bits per heavy atom. The molecule has 2 N–H and O–H groups in total. The fraction of sp³-hybridized carbons (Fsp3) is 0.318. The van der Waals surface area contributed by atoms with Gasteiger partial charge >= 0.3 is 0 Å². The summed E-state index contributed by atoms with van der Waals surface area (Å²) in [5.41, 5.74) is 1.50. The second-order valence-electron chi connectivity index (χ2n) is 6.86. The second-order valence-corrected chi connectivity index (χ2v) is 7.27. The summed E-state index contributed by atoms with van der Waals surface area (Å²) in [5, 5.41) is 5.77. The Morgan fingerprint density at radius 3 is 2.24 bits per heavy atom. The van der Waals surface area contributed by atoms with Crippen molar-refractivity contribution < 1.29 is 14.3 Å². The van der Waals surface area contributed by atoms with Crippen molar-refractivity contribution in [3.63, 3.8) is 0 Å². The molecule has 3 rings (SSSR count). The molecular weight excluding hydrogens is 386 g/mol. The molecule has 0 radical (unpaired) electrons. The van der Waals surface area contributed by atoms with Crippen molar-refractivity contribution in [3.8, 4) is 5.75 Å². The summed E-state index contributed by atoms with van der Waals surface area (Å²) >= 11 is 5.31. The molecule has 0 saturated carbocycles. The standard InChI is InChI=1S/C22H25N3O3S/c1-28-19-13-7-5-11-17(19)20(26)24-22(29)23-18-12-6-4-10-16(18)21(27)25-14-8-2-3-9-15-25/h4-7,10-13H,2-3,8-9,14-15H2,1H3,(H2,23,24,26,29). The number of thiocarbonyl (C=S) groups is 1. The molecule has 1 saturated heterocycles. The molecule has 152 valence electrons. The maximum absolute atomic E-state index is 13.0. The fourth-order valence-electron chi connectivity index (χ4n) is 3.38. The van der Waals surface area contributed by atoms with Crippen molar-refractivity contribution in [1.29, 1.82) is 0 Å². The van der Waals surface area contributed by atoms with Gasteiger partial charge in [-0.3, -0.25) is 14.9 Å². The number of benzene rings is 2. The Bertz CT molecular complexity index is 892. The highest BCUT2D eigenvalue weighted by molar-refractivity contribution is 7.80. The van der Waals surface area contributed by atoms with E-state index in [0.717, 1.165) is 38.8 Å². The molecule has 0 bridgehead atoms. The molecule has 1 fully saturated rings. The van der Waals surface area contributed by atoms with Gasteiger partial charge in [0.25, 0.3) is 11.8 Å². The third-order valence-electron chi connectivity index (χ3n) is 4.88. The fourth-order valence-corrected chi connectivity index (χ4v) is 3.58. The van der Waals surface area contributed by atoms with Crippen molar-refractivity contribution in [2.24, 2.45) is 0 Å². The number of rotatable bonds is 4. The number of hydrogen-bond acceptors (Lipinski definition) is 4. The number of para-hydroxylation sites is 2. The van der Waals surface area contributed by atoms with Crippen molar-refractivity contribution in [2.45, 2.75) is 25.7 Å². The van der Waals surface area contributed by atoms with Gasteiger partial charge in [0, 0.05) is 13.1 Å². The molecule has 1 heterocycles. The van der Waals surface area contributed by atoms with Crippen LogP contribution in [0.3, 0.4) is 0 Å². The summed E-state index contributed by atoms with van der Waals surface area (Å²) < 4.78 is 5.22. The van der Waals surface area contributed by atoms with E-state index in [1.54, 1.807) is 36.4 Å². The summed E-state index contributed by atoms with van der Waals surface area (Å²) in [6.45, 7) is 1.53. The highest BCUT2D eigenvalue weighted by Gasteiger charge is 2.20. The first-order chi connectivity index (χ1) is 14.1. The SMILES string of the molecule is COc1ccccc1C(=O)NC(=S)Nc1ccccc1C(=O)N1CCCCCC1. The molecule has 2 amide bonds. The van der Waals surface area contributed by atoms with Gasteiger partial charge in [-0.05, 0) is 49.3 Å². The number of carbonyl (C=O) groups excluding carboxylic acids is 2. The quantitative estimate of drug-likeness (QED) is 0.748. The monoisotopic (exact) mass is 411 g/mol. The molecule has 0 aromatic heterocycles. The third-order valence-corrected chi connectivity index (χ3v) is 5.08. The van der Waals surface area contributed by atoms with Gasteiger partial charge in [0.1, 0.15) is 5.75 Å². The van der Waals surface area contributed by atoms with Crippen LogP contribution in [0.2, 0.25) is 0 Å². The average Bonchev–Trinajstić information content (AvgIpc) is 3.03. The van der Waals surface area contributed by atoms with Crippen LogP contribution in [0.4, 0.5) is 5.69 Å². The van der Waals surface area contributed by atoms with Crippen LogP contribution >= 0.6 is 12.2 Å². The molecule has 0 aliphatic carbocycles. The molecule has 1 aliphatic rings. The number of nitrogens with zero attached hydrogens (tertiary/aromatic N) is 1. The summed E-state index contributed by atoms with van der Waals surface area (Å²) in [6.07, 6.45) is 4.36. The van der Waals surface area contributed by atoms with Gasteiger partial charge in [-0.15, -0.1) is 0 Å². The maximum atomic E-state index is 13.0. The first kappa shape index (κ1) is 20.8. The van der Waals surface area contributed by atoms with E-state index < -0.39 is 0 Å². The molecule has 6 nitrogen and oxygen atoms in total. The van der Waals surface area contributed by atoms with Crippen molar-refractivity contribution >= 4 is 34.8 Å². The Hall–Kier alpha value is -2.93. The van der Waals surface area contributed by atoms with Crippen LogP contribution in [-0.2, 0) is 0 Å². The van der Waals surface area contributed by atoms with Gasteiger partial charge in [0.05, 0.1) is 23.9 Å². The van der Waals surface area contributed by atoms with Gasteiger partial charge in [-0.1, -0.05) is 37.1 Å². The number of methoxy groups -OCH3 is 1.